The van der Waals surface area contributed by atoms with Gasteiger partial charge in [-0.1, -0.05) is 18.2 Å². The van der Waals surface area contributed by atoms with Crippen molar-refractivity contribution in [1.82, 2.24) is 19.7 Å². The maximum absolute atomic E-state index is 4.77. The van der Waals surface area contributed by atoms with Gasteiger partial charge in [-0.25, -0.2) is 4.98 Å². The molecule has 132 valence electrons. The minimum Gasteiger partial charge on any atom is -0.384 e. The third kappa shape index (κ3) is 3.91. The van der Waals surface area contributed by atoms with Crippen molar-refractivity contribution >= 4 is 52.4 Å². The third-order valence-corrected chi connectivity index (χ3v) is 3.93. The number of rotatable bonds is 5. The Labute approximate surface area is 155 Å². The van der Waals surface area contributed by atoms with Crippen LogP contribution in [0, 0.1) is 6.92 Å². The highest BCUT2D eigenvalue weighted by Gasteiger charge is 2.14. The van der Waals surface area contributed by atoms with Gasteiger partial charge in [-0.15, -0.1) is 24.8 Å². The molecule has 0 spiro atoms. The van der Waals surface area contributed by atoms with Crippen LogP contribution in [0.1, 0.15) is 12.1 Å². The molecule has 0 aliphatic heterocycles. The Bertz CT molecular complexity index is 813. The lowest BCUT2D eigenvalue weighted by atomic mass is 10.1. The SMILES string of the molecule is Cc1nn(C)c2nc3ccccc3c(NCCCN(C)C)c12.Cl.Cl. The van der Waals surface area contributed by atoms with Crippen molar-refractivity contribution in [2.45, 2.75) is 13.3 Å². The number of fused-ring (bicyclic) bond motifs is 2. The Balaban J connectivity index is 0.00000144. The molecule has 0 saturated carbocycles. The number of hydrogen-bond donors (Lipinski definition) is 1. The van der Waals surface area contributed by atoms with Crippen LogP contribution in [0.25, 0.3) is 21.9 Å². The van der Waals surface area contributed by atoms with Crippen LogP contribution in [0.3, 0.4) is 0 Å². The molecule has 3 aromatic rings. The van der Waals surface area contributed by atoms with Crippen LogP contribution in [-0.2, 0) is 7.05 Å². The number of halogens is 2. The molecule has 0 aliphatic carbocycles. The zero-order chi connectivity index (χ0) is 15.7. The molecule has 2 heterocycles. The van der Waals surface area contributed by atoms with E-state index in [1.54, 1.807) is 0 Å². The molecule has 3 rings (SSSR count). The van der Waals surface area contributed by atoms with Crippen molar-refractivity contribution in [2.75, 3.05) is 32.5 Å². The summed E-state index contributed by atoms with van der Waals surface area (Å²) in [6.45, 7) is 4.06. The molecule has 1 aromatic carbocycles. The van der Waals surface area contributed by atoms with E-state index in [1.807, 2.05) is 24.7 Å². The van der Waals surface area contributed by atoms with Crippen molar-refractivity contribution in [3.05, 3.63) is 30.0 Å². The van der Waals surface area contributed by atoms with Crippen LogP contribution in [0.4, 0.5) is 5.69 Å². The Kier molecular flexibility index (Phi) is 7.27. The van der Waals surface area contributed by atoms with E-state index in [2.05, 4.69) is 47.6 Å². The molecule has 7 heteroatoms. The molecule has 0 saturated heterocycles. The smallest absolute Gasteiger partial charge is 0.160 e. The predicted molar refractivity (Wildman–Crippen MR) is 107 cm³/mol. The van der Waals surface area contributed by atoms with Gasteiger partial charge in [0, 0.05) is 19.0 Å². The van der Waals surface area contributed by atoms with Gasteiger partial charge >= 0.3 is 0 Å². The average Bonchev–Trinajstić information content (AvgIpc) is 2.77. The molecule has 0 atom stereocenters. The normalized spacial score (nSPS) is 10.7. The summed E-state index contributed by atoms with van der Waals surface area (Å²) in [6, 6.07) is 8.28. The van der Waals surface area contributed by atoms with Crippen LogP contribution in [0.5, 0.6) is 0 Å². The summed E-state index contributed by atoms with van der Waals surface area (Å²) < 4.78 is 1.86. The van der Waals surface area contributed by atoms with E-state index in [9.17, 15) is 0 Å². The summed E-state index contributed by atoms with van der Waals surface area (Å²) in [6.07, 6.45) is 1.10. The molecule has 0 radical (unpaired) electrons. The molecule has 5 nitrogen and oxygen atoms in total. The number of para-hydroxylation sites is 1. The highest BCUT2D eigenvalue weighted by atomic mass is 35.5. The van der Waals surface area contributed by atoms with E-state index in [4.69, 9.17) is 4.98 Å². The molecule has 0 amide bonds. The van der Waals surface area contributed by atoms with E-state index >= 15 is 0 Å². The van der Waals surface area contributed by atoms with Gasteiger partial charge in [0.05, 0.1) is 22.3 Å². The monoisotopic (exact) mass is 369 g/mol. The standard InChI is InChI=1S/C17H23N5.2ClH/c1-12-15-16(18-10-7-11-21(2)3)13-8-5-6-9-14(13)19-17(15)22(4)20-12;;/h5-6,8-9H,7,10-11H2,1-4H3,(H,18,19);2*1H. The van der Waals surface area contributed by atoms with Gasteiger partial charge in [0.25, 0.3) is 0 Å². The Morgan fingerprint density at radius 2 is 1.88 bits per heavy atom. The van der Waals surface area contributed by atoms with Crippen LogP contribution < -0.4 is 5.32 Å². The second kappa shape index (κ2) is 8.51. The van der Waals surface area contributed by atoms with Gasteiger partial charge < -0.3 is 10.2 Å². The summed E-state index contributed by atoms with van der Waals surface area (Å²) in [5, 5.41) is 10.4. The minimum atomic E-state index is 0. The Hall–Kier alpha value is -1.56. The second-order valence-corrected chi connectivity index (χ2v) is 6.00. The number of nitrogens with zero attached hydrogens (tertiary/aromatic N) is 4. The van der Waals surface area contributed by atoms with Crippen LogP contribution in [0.15, 0.2) is 24.3 Å². The summed E-state index contributed by atoms with van der Waals surface area (Å²) in [7, 11) is 6.16. The Morgan fingerprint density at radius 3 is 2.58 bits per heavy atom. The predicted octanol–water partition coefficient (Wildman–Crippen LogP) is 3.64. The van der Waals surface area contributed by atoms with Gasteiger partial charge in [0.15, 0.2) is 5.65 Å². The van der Waals surface area contributed by atoms with Crippen molar-refractivity contribution in [1.29, 1.82) is 0 Å². The first-order valence-corrected chi connectivity index (χ1v) is 7.68. The number of anilines is 1. The molecule has 1 N–H and O–H groups in total. The van der Waals surface area contributed by atoms with E-state index in [0.29, 0.717) is 0 Å². The average molecular weight is 370 g/mol. The number of aromatic nitrogens is 3. The van der Waals surface area contributed by atoms with E-state index in [-0.39, 0.29) is 24.8 Å². The van der Waals surface area contributed by atoms with E-state index in [0.717, 1.165) is 52.8 Å². The first-order valence-electron chi connectivity index (χ1n) is 7.68. The summed E-state index contributed by atoms with van der Waals surface area (Å²) in [5.74, 6) is 0. The number of aryl methyl sites for hydroxylation is 2. The maximum atomic E-state index is 4.77. The van der Waals surface area contributed by atoms with Crippen LogP contribution in [-0.4, -0.2) is 46.8 Å². The lowest BCUT2D eigenvalue weighted by Gasteiger charge is -2.13. The summed E-state index contributed by atoms with van der Waals surface area (Å²) in [5.41, 5.74) is 4.12. The molecule has 0 aliphatic rings. The summed E-state index contributed by atoms with van der Waals surface area (Å²) >= 11 is 0. The van der Waals surface area contributed by atoms with Gasteiger partial charge in [0.1, 0.15) is 0 Å². The largest absolute Gasteiger partial charge is 0.384 e. The van der Waals surface area contributed by atoms with Crippen molar-refractivity contribution in [3.63, 3.8) is 0 Å². The molecule has 0 unspecified atom stereocenters. The molecule has 24 heavy (non-hydrogen) atoms. The quantitative estimate of drug-likeness (QED) is 0.697. The molecule has 2 aromatic heterocycles. The fraction of sp³-hybridized carbons (Fsp3) is 0.412. The fourth-order valence-electron chi connectivity index (χ4n) is 2.89. The highest BCUT2D eigenvalue weighted by Crippen LogP contribution is 2.32. The van der Waals surface area contributed by atoms with Gasteiger partial charge in [-0.05, 0) is 40.1 Å². The minimum absolute atomic E-state index is 0. The zero-order valence-electron chi connectivity index (χ0n) is 14.5. The lowest BCUT2D eigenvalue weighted by Crippen LogP contribution is -2.16. The highest BCUT2D eigenvalue weighted by molar-refractivity contribution is 6.07. The summed E-state index contributed by atoms with van der Waals surface area (Å²) in [4.78, 5) is 6.97. The molecular formula is C17H25Cl2N5. The van der Waals surface area contributed by atoms with Crippen molar-refractivity contribution in [2.24, 2.45) is 7.05 Å². The fourth-order valence-corrected chi connectivity index (χ4v) is 2.89. The zero-order valence-corrected chi connectivity index (χ0v) is 16.2. The van der Waals surface area contributed by atoms with Gasteiger partial charge in [-0.3, -0.25) is 4.68 Å². The van der Waals surface area contributed by atoms with Gasteiger partial charge in [-0.2, -0.15) is 5.10 Å². The first kappa shape index (κ1) is 20.5. The van der Waals surface area contributed by atoms with Crippen LogP contribution in [0.2, 0.25) is 0 Å². The van der Waals surface area contributed by atoms with Gasteiger partial charge in [0.2, 0.25) is 0 Å². The number of nitrogens with one attached hydrogen (secondary N) is 1. The first-order chi connectivity index (χ1) is 10.6. The topological polar surface area (TPSA) is 46.0 Å². The van der Waals surface area contributed by atoms with Crippen LogP contribution >= 0.6 is 24.8 Å². The van der Waals surface area contributed by atoms with E-state index in [1.165, 1.54) is 0 Å². The number of hydrogen-bond acceptors (Lipinski definition) is 4. The number of benzene rings is 1. The molecular weight excluding hydrogens is 345 g/mol. The maximum Gasteiger partial charge on any atom is 0.160 e. The number of pyridine rings is 1. The molecule has 0 fully saturated rings. The lowest BCUT2D eigenvalue weighted by molar-refractivity contribution is 0.405. The van der Waals surface area contributed by atoms with Crippen molar-refractivity contribution < 1.29 is 0 Å². The van der Waals surface area contributed by atoms with E-state index < -0.39 is 0 Å². The molecule has 0 bridgehead atoms. The van der Waals surface area contributed by atoms with Crippen molar-refractivity contribution in [3.8, 4) is 0 Å². The second-order valence-electron chi connectivity index (χ2n) is 6.00. The Morgan fingerprint density at radius 1 is 1.17 bits per heavy atom. The third-order valence-electron chi connectivity index (χ3n) is 3.93.